The molecule has 0 fully saturated rings. The first-order valence-electron chi connectivity index (χ1n) is 22.6. The van der Waals surface area contributed by atoms with Gasteiger partial charge in [-0.05, 0) is 161 Å². The summed E-state index contributed by atoms with van der Waals surface area (Å²) in [7, 11) is -4.13. The van der Waals surface area contributed by atoms with Gasteiger partial charge in [-0.25, -0.2) is 0 Å². The van der Waals surface area contributed by atoms with Crippen molar-refractivity contribution in [3.05, 3.63) is 203 Å². The lowest BCUT2D eigenvalue weighted by atomic mass is 9.90. The minimum atomic E-state index is -2.07. The Balaban J connectivity index is 1.25. The number of hydrogen-bond donors (Lipinski definition) is 0. The van der Waals surface area contributed by atoms with Crippen molar-refractivity contribution >= 4 is 82.6 Å². The molecule has 0 spiro atoms. The SMILES string of the molecule is Cc1ccc(N(c2ccc(C)cc2)c2ccc3cc4c(cc3c2)C([Si](C)(C)C)([Si](C)(C)C)c2c-4c3ccccc3c3cc(N(c4ccc(C)cc4)c4ccc(C)cc4)ccc23)cc1. The highest BCUT2D eigenvalue weighted by atomic mass is 28.4. The summed E-state index contributed by atoms with van der Waals surface area (Å²) in [6.07, 6.45) is 0. The average molecular weight is 851 g/mol. The number of fused-ring (bicyclic) bond motifs is 9. The van der Waals surface area contributed by atoms with Gasteiger partial charge < -0.3 is 9.80 Å². The highest BCUT2D eigenvalue weighted by molar-refractivity contribution is 7.00. The van der Waals surface area contributed by atoms with Crippen LogP contribution in [0.2, 0.25) is 39.3 Å². The molecule has 1 aliphatic rings. The quantitative estimate of drug-likeness (QED) is 0.111. The van der Waals surface area contributed by atoms with Crippen LogP contribution in [0.3, 0.4) is 0 Å². The van der Waals surface area contributed by atoms with E-state index in [0.29, 0.717) is 0 Å². The highest BCUT2D eigenvalue weighted by Crippen LogP contribution is 2.62. The van der Waals surface area contributed by atoms with Crippen LogP contribution >= 0.6 is 0 Å². The van der Waals surface area contributed by atoms with Crippen LogP contribution in [-0.2, 0) is 4.66 Å². The minimum Gasteiger partial charge on any atom is -0.310 e. The molecule has 2 nitrogen and oxygen atoms in total. The lowest BCUT2D eigenvalue weighted by molar-refractivity contribution is 0.965. The topological polar surface area (TPSA) is 6.48 Å². The van der Waals surface area contributed by atoms with Crippen LogP contribution in [0.25, 0.3) is 43.4 Å². The Labute approximate surface area is 376 Å². The molecule has 9 aromatic rings. The molecule has 0 N–H and O–H groups in total. The molecule has 9 aromatic carbocycles. The van der Waals surface area contributed by atoms with E-state index in [0.717, 1.165) is 22.7 Å². The summed E-state index contributed by atoms with van der Waals surface area (Å²) in [5.41, 5.74) is 18.0. The molecular weight excluding hydrogens is 793 g/mol. The summed E-state index contributed by atoms with van der Waals surface area (Å²) in [6, 6.07) is 64.8. The summed E-state index contributed by atoms with van der Waals surface area (Å²) in [5, 5.41) is 7.98. The normalized spacial score (nSPS) is 13.4. The molecule has 0 unspecified atom stereocenters. The van der Waals surface area contributed by atoms with E-state index in [9.17, 15) is 0 Å². The van der Waals surface area contributed by atoms with Crippen molar-refractivity contribution < 1.29 is 0 Å². The van der Waals surface area contributed by atoms with Gasteiger partial charge in [-0.15, -0.1) is 0 Å². The van der Waals surface area contributed by atoms with E-state index in [1.54, 1.807) is 11.1 Å². The number of benzene rings is 9. The van der Waals surface area contributed by atoms with Crippen LogP contribution < -0.4 is 9.80 Å². The molecule has 312 valence electrons. The molecule has 0 amide bonds. The van der Waals surface area contributed by atoms with Gasteiger partial charge in [-0.1, -0.05) is 153 Å². The van der Waals surface area contributed by atoms with Crippen molar-refractivity contribution in [2.75, 3.05) is 9.80 Å². The molecule has 0 aromatic heterocycles. The zero-order chi connectivity index (χ0) is 44.0. The Morgan fingerprint density at radius 3 is 1.22 bits per heavy atom. The van der Waals surface area contributed by atoms with Crippen LogP contribution in [0.15, 0.2) is 170 Å². The van der Waals surface area contributed by atoms with Crippen molar-refractivity contribution in [2.24, 2.45) is 0 Å². The van der Waals surface area contributed by atoms with Crippen LogP contribution in [0.1, 0.15) is 33.4 Å². The average Bonchev–Trinajstić information content (AvgIpc) is 3.58. The lowest BCUT2D eigenvalue weighted by Crippen LogP contribution is -2.63. The van der Waals surface area contributed by atoms with Crippen molar-refractivity contribution in [1.82, 2.24) is 0 Å². The van der Waals surface area contributed by atoms with Crippen LogP contribution in [0, 0.1) is 27.7 Å². The van der Waals surface area contributed by atoms with Crippen molar-refractivity contribution in [2.45, 2.75) is 71.6 Å². The van der Waals surface area contributed by atoms with E-state index in [1.165, 1.54) is 77.1 Å². The number of anilines is 6. The van der Waals surface area contributed by atoms with Gasteiger partial charge in [0.1, 0.15) is 0 Å². The van der Waals surface area contributed by atoms with Gasteiger partial charge in [0.05, 0.1) is 16.1 Å². The highest BCUT2D eigenvalue weighted by Gasteiger charge is 2.60. The van der Waals surface area contributed by atoms with Crippen LogP contribution in [0.4, 0.5) is 34.1 Å². The number of aryl methyl sites for hydroxylation is 4. The standard InChI is InChI=1S/C59H58N2Si2/c1-39-15-24-45(25-16-39)60(46-26-17-40(2)18-27-46)49-32-23-43-36-55-56(37-44(43)35-49)59(62(5,6)7,63(8,9)10)58-53-34-33-50(38-54(53)51-13-11-12-14-52(51)57(55)58)61(47-28-19-41(3)20-29-47)48-30-21-42(4)22-31-48/h11-38H,1-10H3. The van der Waals surface area contributed by atoms with Gasteiger partial charge in [-0.3, -0.25) is 0 Å². The molecular formula is C59H58N2Si2. The Hall–Kier alpha value is -6.21. The van der Waals surface area contributed by atoms with Crippen molar-refractivity contribution in [3.63, 3.8) is 0 Å². The van der Waals surface area contributed by atoms with Crippen molar-refractivity contribution in [3.8, 4) is 11.1 Å². The fourth-order valence-corrected chi connectivity index (χ4v) is 24.5. The molecule has 0 aliphatic heterocycles. The largest absolute Gasteiger partial charge is 0.310 e. The summed E-state index contributed by atoms with van der Waals surface area (Å²) >= 11 is 0. The summed E-state index contributed by atoms with van der Waals surface area (Å²) in [4.78, 5) is 4.85. The van der Waals surface area contributed by atoms with Gasteiger partial charge in [0, 0.05) is 38.8 Å². The molecule has 0 heterocycles. The van der Waals surface area contributed by atoms with Gasteiger partial charge in [0.2, 0.25) is 0 Å². The smallest absolute Gasteiger partial charge is 0.0579 e. The Morgan fingerprint density at radius 1 is 0.349 bits per heavy atom. The molecule has 10 rings (SSSR count). The van der Waals surface area contributed by atoms with Gasteiger partial charge in [-0.2, -0.15) is 0 Å². The maximum absolute atomic E-state index is 2.65. The second-order valence-corrected chi connectivity index (χ2v) is 31.2. The summed E-state index contributed by atoms with van der Waals surface area (Å²) < 4.78 is -0.0696. The Bertz CT molecular complexity index is 3100. The molecule has 4 heteroatoms. The fourth-order valence-electron chi connectivity index (χ4n) is 11.4. The monoisotopic (exact) mass is 850 g/mol. The number of hydrogen-bond acceptors (Lipinski definition) is 2. The zero-order valence-electron chi connectivity index (χ0n) is 38.6. The second-order valence-electron chi connectivity index (χ2n) is 20.2. The van der Waals surface area contributed by atoms with Crippen LogP contribution in [-0.4, -0.2) is 16.1 Å². The van der Waals surface area contributed by atoms with Gasteiger partial charge in [0.25, 0.3) is 0 Å². The van der Waals surface area contributed by atoms with E-state index in [4.69, 9.17) is 0 Å². The van der Waals surface area contributed by atoms with Gasteiger partial charge in [0.15, 0.2) is 0 Å². The third-order valence-corrected chi connectivity index (χ3v) is 24.0. The first-order valence-corrected chi connectivity index (χ1v) is 29.6. The maximum Gasteiger partial charge on any atom is 0.0579 e. The van der Waals surface area contributed by atoms with Crippen molar-refractivity contribution in [1.29, 1.82) is 0 Å². The fraction of sp³-hybridized carbons (Fsp3) is 0.186. The van der Waals surface area contributed by atoms with Crippen LogP contribution in [0.5, 0.6) is 0 Å². The number of rotatable bonds is 8. The second kappa shape index (κ2) is 15.0. The predicted octanol–water partition coefficient (Wildman–Crippen LogP) is 17.3. The predicted molar refractivity (Wildman–Crippen MR) is 280 cm³/mol. The molecule has 0 bridgehead atoms. The van der Waals surface area contributed by atoms with E-state index >= 15 is 0 Å². The Morgan fingerprint density at radius 2 is 0.762 bits per heavy atom. The third-order valence-electron chi connectivity index (χ3n) is 14.0. The zero-order valence-corrected chi connectivity index (χ0v) is 40.6. The number of nitrogens with zero attached hydrogens (tertiary/aromatic N) is 2. The summed E-state index contributed by atoms with van der Waals surface area (Å²) in [6.45, 7) is 24.5. The molecule has 1 aliphatic carbocycles. The lowest BCUT2D eigenvalue weighted by Gasteiger charge is -2.51. The molecule has 63 heavy (non-hydrogen) atoms. The van der Waals surface area contributed by atoms with E-state index in [2.05, 4.69) is 247 Å². The molecule has 0 saturated carbocycles. The minimum absolute atomic E-state index is 0.0696. The first kappa shape index (κ1) is 40.8. The van der Waals surface area contributed by atoms with Gasteiger partial charge >= 0.3 is 0 Å². The maximum atomic E-state index is 2.65. The van der Waals surface area contributed by atoms with E-state index < -0.39 is 16.1 Å². The molecule has 0 radical (unpaired) electrons. The summed E-state index contributed by atoms with van der Waals surface area (Å²) in [5.74, 6) is 0. The Kier molecular flexibility index (Phi) is 9.70. The third kappa shape index (κ3) is 6.57. The first-order chi connectivity index (χ1) is 30.1. The van der Waals surface area contributed by atoms with E-state index in [1.807, 2.05) is 0 Å². The molecule has 0 atom stereocenters. The van der Waals surface area contributed by atoms with E-state index in [-0.39, 0.29) is 4.66 Å². The molecule has 0 saturated heterocycles.